The van der Waals surface area contributed by atoms with E-state index in [2.05, 4.69) is 0 Å². The lowest BCUT2D eigenvalue weighted by molar-refractivity contribution is 0.457. The van der Waals surface area contributed by atoms with Crippen molar-refractivity contribution in [3.05, 3.63) is 59.7 Å². The van der Waals surface area contributed by atoms with E-state index in [1.807, 2.05) is 48.5 Å². The minimum atomic E-state index is -2.22. The van der Waals surface area contributed by atoms with Crippen LogP contribution in [-0.2, 0) is 4.57 Å². The van der Waals surface area contributed by atoms with Crippen LogP contribution in [0.1, 0.15) is 16.8 Å². The monoisotopic (exact) mass is 264 g/mol. The second kappa shape index (κ2) is 4.21. The molecule has 1 unspecified atom stereocenters. The van der Waals surface area contributed by atoms with Crippen LogP contribution in [0.5, 0.6) is 11.5 Å². The molecule has 4 heteroatoms. The fraction of sp³-hybridized carbons (Fsp3) is 0.0769. The van der Waals surface area contributed by atoms with Crippen LogP contribution in [0.4, 0.5) is 0 Å². The molecule has 0 saturated carbocycles. The predicted octanol–water partition coefficient (Wildman–Crippen LogP) is 4.60. The van der Waals surface area contributed by atoms with Crippen LogP contribution in [0.15, 0.2) is 48.5 Å². The molecule has 0 amide bonds. The molecule has 0 fully saturated rings. The molecule has 2 nitrogen and oxygen atoms in total. The van der Waals surface area contributed by atoms with Gasteiger partial charge in [-0.2, -0.15) is 0 Å². The molecule has 1 aliphatic rings. The van der Waals surface area contributed by atoms with E-state index in [0.29, 0.717) is 0 Å². The Labute approximate surface area is 105 Å². The van der Waals surface area contributed by atoms with E-state index < -0.39 is 7.15 Å². The van der Waals surface area contributed by atoms with Crippen LogP contribution >= 0.6 is 18.4 Å². The highest BCUT2D eigenvalue weighted by Crippen LogP contribution is 2.57. The summed E-state index contributed by atoms with van der Waals surface area (Å²) in [4.78, 5) is 0. The molecular formula is C13H10ClO2P. The molecular weight excluding hydrogens is 255 g/mol. The molecule has 0 bridgehead atoms. The van der Waals surface area contributed by atoms with Gasteiger partial charge in [-0.1, -0.05) is 47.6 Å². The Balaban J connectivity index is 2.24. The first-order valence-corrected chi connectivity index (χ1v) is 7.82. The minimum absolute atomic E-state index is 0.247. The van der Waals surface area contributed by atoms with Crippen LogP contribution in [0.25, 0.3) is 0 Å². The number of fused-ring (bicyclic) bond motifs is 2. The molecule has 0 radical (unpaired) electrons. The van der Waals surface area contributed by atoms with E-state index in [4.69, 9.17) is 16.0 Å². The van der Waals surface area contributed by atoms with E-state index in [1.165, 1.54) is 0 Å². The van der Waals surface area contributed by atoms with E-state index in [-0.39, 0.29) is 5.66 Å². The van der Waals surface area contributed by atoms with Gasteiger partial charge in [0.1, 0.15) is 11.5 Å². The lowest BCUT2D eigenvalue weighted by Crippen LogP contribution is -2.06. The molecule has 0 aliphatic carbocycles. The lowest BCUT2D eigenvalue weighted by atomic mass is 10.00. The quantitative estimate of drug-likeness (QED) is 0.704. The van der Waals surface area contributed by atoms with E-state index >= 15 is 0 Å². The van der Waals surface area contributed by atoms with E-state index in [1.54, 1.807) is 0 Å². The largest absolute Gasteiger partial charge is 0.457 e. The van der Waals surface area contributed by atoms with Crippen molar-refractivity contribution in [2.45, 2.75) is 5.66 Å². The van der Waals surface area contributed by atoms with Crippen LogP contribution < -0.4 is 4.74 Å². The van der Waals surface area contributed by atoms with Gasteiger partial charge in [-0.3, -0.25) is 0 Å². The summed E-state index contributed by atoms with van der Waals surface area (Å²) >= 11 is 5.90. The van der Waals surface area contributed by atoms with Gasteiger partial charge >= 0.3 is 0 Å². The van der Waals surface area contributed by atoms with Crippen molar-refractivity contribution in [1.29, 1.82) is 0 Å². The first-order chi connectivity index (χ1) is 8.27. The predicted molar refractivity (Wildman–Crippen MR) is 69.7 cm³/mol. The zero-order valence-electron chi connectivity index (χ0n) is 8.89. The Bertz CT molecular complexity index is 552. The smallest absolute Gasteiger partial charge is 0.169 e. The molecule has 0 saturated heterocycles. The molecule has 17 heavy (non-hydrogen) atoms. The number of hydrogen-bond acceptors (Lipinski definition) is 2. The average molecular weight is 265 g/mol. The number of para-hydroxylation sites is 2. The second-order valence-corrected chi connectivity index (χ2v) is 6.22. The van der Waals surface area contributed by atoms with Gasteiger partial charge < -0.3 is 9.30 Å². The summed E-state index contributed by atoms with van der Waals surface area (Å²) in [6, 6.07) is 15.2. The third kappa shape index (κ3) is 1.78. The fourth-order valence-corrected chi connectivity index (χ4v) is 3.83. The zero-order chi connectivity index (χ0) is 11.8. The third-order valence-corrected chi connectivity index (χ3v) is 4.64. The standard InChI is InChI=1S/C13H10ClO2P/c14-17(15)13-9-5-1-3-7-11(9)16-12-8-4-2-6-10(12)13/h1-8,13,17H. The van der Waals surface area contributed by atoms with E-state index in [9.17, 15) is 4.57 Å². The van der Waals surface area contributed by atoms with Crippen LogP contribution in [0.3, 0.4) is 0 Å². The Morgan fingerprint density at radius 2 is 1.41 bits per heavy atom. The lowest BCUT2D eigenvalue weighted by Gasteiger charge is -2.26. The summed E-state index contributed by atoms with van der Waals surface area (Å²) in [6.07, 6.45) is 0. The summed E-state index contributed by atoms with van der Waals surface area (Å²) in [6.45, 7) is 0. The number of benzene rings is 2. The van der Waals surface area contributed by atoms with Crippen LogP contribution in [-0.4, -0.2) is 0 Å². The third-order valence-electron chi connectivity index (χ3n) is 2.91. The maximum absolute atomic E-state index is 11.8. The molecule has 3 rings (SSSR count). The molecule has 1 atom stereocenters. The SMILES string of the molecule is O=[PH](Cl)C1c2ccccc2Oc2ccccc21. The van der Waals surface area contributed by atoms with Gasteiger partial charge in [-0.05, 0) is 12.1 Å². The molecule has 0 aromatic heterocycles. The Morgan fingerprint density at radius 1 is 0.941 bits per heavy atom. The van der Waals surface area contributed by atoms with Crippen molar-refractivity contribution in [1.82, 2.24) is 0 Å². The first kappa shape index (κ1) is 10.9. The highest BCUT2D eigenvalue weighted by molar-refractivity contribution is 7.74. The maximum atomic E-state index is 11.8. The average Bonchev–Trinajstić information content (AvgIpc) is 2.35. The summed E-state index contributed by atoms with van der Waals surface area (Å²) < 4.78 is 17.6. The number of rotatable bonds is 1. The summed E-state index contributed by atoms with van der Waals surface area (Å²) in [7, 11) is -2.22. The van der Waals surface area contributed by atoms with Crippen molar-refractivity contribution in [2.75, 3.05) is 0 Å². The second-order valence-electron chi connectivity index (χ2n) is 3.91. The van der Waals surface area contributed by atoms with Gasteiger partial charge in [0.25, 0.3) is 0 Å². The van der Waals surface area contributed by atoms with Gasteiger partial charge in [-0.25, -0.2) is 0 Å². The van der Waals surface area contributed by atoms with Crippen molar-refractivity contribution >= 4 is 18.4 Å². The summed E-state index contributed by atoms with van der Waals surface area (Å²) in [5.41, 5.74) is 1.57. The van der Waals surface area contributed by atoms with Crippen molar-refractivity contribution in [2.24, 2.45) is 0 Å². The molecule has 0 N–H and O–H groups in total. The number of halogens is 1. The topological polar surface area (TPSA) is 26.3 Å². The van der Waals surface area contributed by atoms with Crippen molar-refractivity contribution < 1.29 is 9.30 Å². The summed E-state index contributed by atoms with van der Waals surface area (Å²) in [5.74, 6) is 1.49. The number of ether oxygens (including phenoxy) is 1. The number of hydrogen-bond donors (Lipinski definition) is 0. The van der Waals surface area contributed by atoms with Crippen molar-refractivity contribution in [3.8, 4) is 11.5 Å². The zero-order valence-corrected chi connectivity index (χ0v) is 10.6. The van der Waals surface area contributed by atoms with Gasteiger partial charge in [0.05, 0.1) is 5.66 Å². The minimum Gasteiger partial charge on any atom is -0.457 e. The normalized spacial score (nSPS) is 15.6. The highest BCUT2D eigenvalue weighted by atomic mass is 35.7. The van der Waals surface area contributed by atoms with E-state index in [0.717, 1.165) is 22.6 Å². The van der Waals surface area contributed by atoms with Gasteiger partial charge in [-0.15, -0.1) is 0 Å². The maximum Gasteiger partial charge on any atom is 0.169 e. The Hall–Kier alpha value is -1.24. The molecule has 1 heterocycles. The van der Waals surface area contributed by atoms with Gasteiger partial charge in [0, 0.05) is 11.1 Å². The first-order valence-electron chi connectivity index (χ1n) is 5.32. The fourth-order valence-electron chi connectivity index (χ4n) is 2.15. The van der Waals surface area contributed by atoms with Gasteiger partial charge in [0.2, 0.25) is 0 Å². The van der Waals surface area contributed by atoms with Gasteiger partial charge in [0.15, 0.2) is 7.15 Å². The molecule has 86 valence electrons. The van der Waals surface area contributed by atoms with Crippen LogP contribution in [0, 0.1) is 0 Å². The van der Waals surface area contributed by atoms with Crippen molar-refractivity contribution in [3.63, 3.8) is 0 Å². The summed E-state index contributed by atoms with van der Waals surface area (Å²) in [5, 5.41) is 0. The molecule has 2 aromatic carbocycles. The molecule has 0 spiro atoms. The molecule has 1 aliphatic heterocycles. The Morgan fingerprint density at radius 3 is 1.88 bits per heavy atom. The molecule has 2 aromatic rings. The Kier molecular flexibility index (Phi) is 2.70. The van der Waals surface area contributed by atoms with Crippen LogP contribution in [0.2, 0.25) is 0 Å². The highest BCUT2D eigenvalue weighted by Gasteiger charge is 2.29.